The van der Waals surface area contributed by atoms with Gasteiger partial charge in [-0.2, -0.15) is 0 Å². The summed E-state index contributed by atoms with van der Waals surface area (Å²) in [5.41, 5.74) is 3.52. The number of hydrogen-bond donors (Lipinski definition) is 1. The van der Waals surface area contributed by atoms with Crippen LogP contribution in [0.5, 0.6) is 0 Å². The Bertz CT molecular complexity index is 996. The van der Waals surface area contributed by atoms with Gasteiger partial charge in [-0.15, -0.1) is 0 Å². The number of aromatic nitrogens is 1. The number of rotatable bonds is 3. The molecule has 1 aliphatic heterocycles. The molecule has 0 spiro atoms. The molecule has 27 heavy (non-hydrogen) atoms. The third kappa shape index (κ3) is 2.91. The largest absolute Gasteiger partial charge is 0.361 e. The van der Waals surface area contributed by atoms with Gasteiger partial charge in [0.15, 0.2) is 0 Å². The molecule has 2 fully saturated rings. The lowest BCUT2D eigenvalue weighted by Crippen LogP contribution is -2.43. The number of aromatic amines is 1. The fraction of sp³-hybridized carbons (Fsp3) is 0.348. The van der Waals surface area contributed by atoms with Crippen molar-refractivity contribution in [2.24, 2.45) is 0 Å². The van der Waals surface area contributed by atoms with Gasteiger partial charge in [0.2, 0.25) is 5.91 Å². The maximum absolute atomic E-state index is 13.3. The second-order valence-electron chi connectivity index (χ2n) is 7.95. The number of nitrogens with zero attached hydrogens (tertiary/aromatic N) is 1. The van der Waals surface area contributed by atoms with Crippen LogP contribution in [-0.4, -0.2) is 28.9 Å². The summed E-state index contributed by atoms with van der Waals surface area (Å²) in [5.74, 6) is 0.865. The van der Waals surface area contributed by atoms with Crippen molar-refractivity contribution in [2.45, 2.75) is 37.0 Å². The summed E-state index contributed by atoms with van der Waals surface area (Å²) in [6.07, 6.45) is 6.20. The van der Waals surface area contributed by atoms with Crippen LogP contribution in [0.2, 0.25) is 0 Å². The predicted octanol–water partition coefficient (Wildman–Crippen LogP) is 5.37. The van der Waals surface area contributed by atoms with Crippen molar-refractivity contribution in [1.82, 2.24) is 9.88 Å². The number of carbonyl (C=O) groups excluding carboxylic acids is 1. The van der Waals surface area contributed by atoms with E-state index in [0.29, 0.717) is 11.8 Å². The Labute approximate surface area is 167 Å². The van der Waals surface area contributed by atoms with Crippen LogP contribution in [0.1, 0.15) is 42.7 Å². The van der Waals surface area contributed by atoms with E-state index in [2.05, 4.69) is 68.4 Å². The third-order valence-electron chi connectivity index (χ3n) is 6.38. The van der Waals surface area contributed by atoms with Gasteiger partial charge in [-0.3, -0.25) is 4.79 Å². The Morgan fingerprint density at radius 2 is 1.85 bits per heavy atom. The maximum atomic E-state index is 13.3. The highest BCUT2D eigenvalue weighted by Crippen LogP contribution is 2.50. The molecule has 0 radical (unpaired) electrons. The summed E-state index contributed by atoms with van der Waals surface area (Å²) >= 11 is 3.55. The van der Waals surface area contributed by atoms with Crippen LogP contribution in [0.15, 0.2) is 59.2 Å². The zero-order valence-electron chi connectivity index (χ0n) is 15.2. The minimum Gasteiger partial charge on any atom is -0.361 e. The van der Waals surface area contributed by atoms with E-state index >= 15 is 0 Å². The van der Waals surface area contributed by atoms with Gasteiger partial charge in [0, 0.05) is 34.7 Å². The molecule has 0 bridgehead atoms. The molecule has 1 aromatic heterocycles. The first kappa shape index (κ1) is 17.1. The van der Waals surface area contributed by atoms with Gasteiger partial charge in [0.25, 0.3) is 0 Å². The van der Waals surface area contributed by atoms with E-state index in [1.165, 1.54) is 22.0 Å². The van der Waals surface area contributed by atoms with Crippen LogP contribution in [0, 0.1) is 0 Å². The Kier molecular flexibility index (Phi) is 4.12. The van der Waals surface area contributed by atoms with E-state index in [1.54, 1.807) is 0 Å². The van der Waals surface area contributed by atoms with Gasteiger partial charge in [0.05, 0.1) is 5.41 Å². The number of nitrogens with one attached hydrogen (secondary N) is 1. The number of fused-ring (bicyclic) bond motifs is 1. The molecule has 1 saturated heterocycles. The van der Waals surface area contributed by atoms with Crippen molar-refractivity contribution in [2.75, 3.05) is 13.1 Å². The van der Waals surface area contributed by atoms with Gasteiger partial charge < -0.3 is 9.88 Å². The van der Waals surface area contributed by atoms with Crippen LogP contribution >= 0.6 is 15.9 Å². The molecule has 1 amide bonds. The van der Waals surface area contributed by atoms with Gasteiger partial charge in [-0.1, -0.05) is 46.3 Å². The monoisotopic (exact) mass is 422 g/mol. The first-order chi connectivity index (χ1) is 13.2. The van der Waals surface area contributed by atoms with E-state index in [-0.39, 0.29) is 5.41 Å². The summed E-state index contributed by atoms with van der Waals surface area (Å²) in [4.78, 5) is 18.8. The van der Waals surface area contributed by atoms with Crippen LogP contribution in [0.3, 0.4) is 0 Å². The summed E-state index contributed by atoms with van der Waals surface area (Å²) in [6, 6.07) is 16.8. The number of halogens is 1. The highest BCUT2D eigenvalue weighted by atomic mass is 79.9. The van der Waals surface area contributed by atoms with Gasteiger partial charge in [0.1, 0.15) is 0 Å². The summed E-state index contributed by atoms with van der Waals surface area (Å²) in [7, 11) is 0. The number of hydrogen-bond acceptors (Lipinski definition) is 1. The SMILES string of the molecule is O=C(N1CCC(c2c[nH]c3ccccc23)CC1)C1(c2cccc(Br)c2)CC1. The van der Waals surface area contributed by atoms with E-state index in [1.807, 2.05) is 12.1 Å². The summed E-state index contributed by atoms with van der Waals surface area (Å²) in [5, 5.41) is 1.33. The number of H-pyrrole nitrogens is 1. The fourth-order valence-electron chi connectivity index (χ4n) is 4.67. The summed E-state index contributed by atoms with van der Waals surface area (Å²) in [6.45, 7) is 1.72. The number of para-hydroxylation sites is 1. The van der Waals surface area contributed by atoms with Gasteiger partial charge >= 0.3 is 0 Å². The van der Waals surface area contributed by atoms with Gasteiger partial charge in [-0.05, 0) is 60.9 Å². The van der Waals surface area contributed by atoms with Crippen molar-refractivity contribution in [1.29, 1.82) is 0 Å². The number of benzene rings is 2. The number of carbonyl (C=O) groups is 1. The Hall–Kier alpha value is -2.07. The van der Waals surface area contributed by atoms with Gasteiger partial charge in [-0.25, -0.2) is 0 Å². The maximum Gasteiger partial charge on any atom is 0.233 e. The molecule has 5 rings (SSSR count). The highest BCUT2D eigenvalue weighted by molar-refractivity contribution is 9.10. The number of amides is 1. The molecular formula is C23H23BrN2O. The first-order valence-electron chi connectivity index (χ1n) is 9.79. The molecule has 2 aliphatic rings. The smallest absolute Gasteiger partial charge is 0.233 e. The quantitative estimate of drug-likeness (QED) is 0.604. The Balaban J connectivity index is 1.31. The molecule has 3 nitrogen and oxygen atoms in total. The molecule has 0 unspecified atom stereocenters. The number of likely N-dealkylation sites (tertiary alicyclic amines) is 1. The van der Waals surface area contributed by atoms with Crippen LogP contribution in [0.4, 0.5) is 0 Å². The number of piperidine rings is 1. The van der Waals surface area contributed by atoms with Crippen LogP contribution in [0.25, 0.3) is 10.9 Å². The zero-order chi connectivity index (χ0) is 18.4. The fourth-order valence-corrected chi connectivity index (χ4v) is 5.06. The normalized spacial score (nSPS) is 19.4. The first-order valence-corrected chi connectivity index (χ1v) is 10.6. The van der Waals surface area contributed by atoms with E-state index in [9.17, 15) is 4.79 Å². The topological polar surface area (TPSA) is 36.1 Å². The zero-order valence-corrected chi connectivity index (χ0v) is 16.8. The molecular weight excluding hydrogens is 400 g/mol. The minimum atomic E-state index is -0.266. The van der Waals surface area contributed by atoms with Crippen LogP contribution < -0.4 is 0 Å². The molecule has 1 N–H and O–H groups in total. The lowest BCUT2D eigenvalue weighted by molar-refractivity contribution is -0.135. The second kappa shape index (κ2) is 6.52. The van der Waals surface area contributed by atoms with E-state index in [4.69, 9.17) is 0 Å². The third-order valence-corrected chi connectivity index (χ3v) is 6.87. The van der Waals surface area contributed by atoms with E-state index in [0.717, 1.165) is 43.2 Å². The lowest BCUT2D eigenvalue weighted by Gasteiger charge is -2.34. The second-order valence-corrected chi connectivity index (χ2v) is 8.86. The molecule has 3 aromatic rings. The Morgan fingerprint density at radius 3 is 2.59 bits per heavy atom. The summed E-state index contributed by atoms with van der Waals surface area (Å²) < 4.78 is 1.05. The van der Waals surface area contributed by atoms with Crippen molar-refractivity contribution in [3.05, 3.63) is 70.3 Å². The molecule has 4 heteroatoms. The average Bonchev–Trinajstić information content (AvgIpc) is 3.41. The predicted molar refractivity (Wildman–Crippen MR) is 112 cm³/mol. The molecule has 2 heterocycles. The van der Waals surface area contributed by atoms with Crippen molar-refractivity contribution in [3.63, 3.8) is 0 Å². The molecule has 0 atom stereocenters. The lowest BCUT2D eigenvalue weighted by atomic mass is 9.87. The molecule has 2 aromatic carbocycles. The van der Waals surface area contributed by atoms with Crippen LogP contribution in [-0.2, 0) is 10.2 Å². The highest BCUT2D eigenvalue weighted by Gasteiger charge is 2.53. The molecule has 1 saturated carbocycles. The van der Waals surface area contributed by atoms with Crippen molar-refractivity contribution < 1.29 is 4.79 Å². The average molecular weight is 423 g/mol. The Morgan fingerprint density at radius 1 is 1.07 bits per heavy atom. The molecule has 1 aliphatic carbocycles. The van der Waals surface area contributed by atoms with Crippen molar-refractivity contribution in [3.8, 4) is 0 Å². The van der Waals surface area contributed by atoms with E-state index < -0.39 is 0 Å². The standard InChI is InChI=1S/C23H23BrN2O/c24-18-5-3-4-17(14-18)23(10-11-23)22(27)26-12-8-16(9-13-26)20-15-25-21-7-2-1-6-19(20)21/h1-7,14-16,25H,8-13H2. The minimum absolute atomic E-state index is 0.266. The molecule has 138 valence electrons. The van der Waals surface area contributed by atoms with Crippen molar-refractivity contribution >= 4 is 32.7 Å².